The van der Waals surface area contributed by atoms with Crippen LogP contribution in [0, 0.1) is 0 Å². The molecule has 0 aromatic heterocycles. The molecule has 3 aliphatic rings. The molecule has 3 atom stereocenters. The molecule has 3 aliphatic heterocycles. The maximum absolute atomic E-state index is 12.7. The maximum atomic E-state index is 12.7. The first-order valence-corrected chi connectivity index (χ1v) is 8.69. The van der Waals surface area contributed by atoms with E-state index < -0.39 is 17.7 Å². The van der Waals surface area contributed by atoms with Gasteiger partial charge >= 0.3 is 0 Å². The number of aliphatic hydroxyl groups is 1. The number of carbonyl (C=O) groups is 3. The molecule has 8 nitrogen and oxygen atoms in total. The van der Waals surface area contributed by atoms with Crippen LogP contribution in [0.4, 0.5) is 0 Å². The molecule has 0 aromatic rings. The fourth-order valence-corrected chi connectivity index (χ4v) is 3.99. The van der Waals surface area contributed by atoms with Gasteiger partial charge in [-0.25, -0.2) is 0 Å². The lowest BCUT2D eigenvalue weighted by Gasteiger charge is -2.51. The van der Waals surface area contributed by atoms with Crippen LogP contribution in [0.5, 0.6) is 0 Å². The minimum atomic E-state index is -1.02. The Kier molecular flexibility index (Phi) is 4.52. The van der Waals surface area contributed by atoms with Crippen LogP contribution >= 0.6 is 0 Å². The van der Waals surface area contributed by atoms with E-state index in [1.165, 1.54) is 16.7 Å². The van der Waals surface area contributed by atoms with E-state index in [0.717, 1.165) is 32.4 Å². The monoisotopic (exact) mass is 338 g/mol. The van der Waals surface area contributed by atoms with Crippen LogP contribution in [-0.2, 0) is 14.4 Å². The Balaban J connectivity index is 1.63. The average Bonchev–Trinajstić information content (AvgIpc) is 3.23. The molecule has 3 heterocycles. The van der Waals surface area contributed by atoms with E-state index in [0.29, 0.717) is 19.5 Å². The number of hydrogen-bond acceptors (Lipinski definition) is 5. The van der Waals surface area contributed by atoms with E-state index in [4.69, 9.17) is 5.73 Å². The van der Waals surface area contributed by atoms with Crippen LogP contribution < -0.4 is 5.73 Å². The molecule has 1 spiro atoms. The summed E-state index contributed by atoms with van der Waals surface area (Å²) < 4.78 is 0. The quantitative estimate of drug-likeness (QED) is 0.608. The Morgan fingerprint density at radius 1 is 1.25 bits per heavy atom. The van der Waals surface area contributed by atoms with Gasteiger partial charge in [-0.2, -0.15) is 0 Å². The number of likely N-dealkylation sites (tertiary alicyclic amines) is 3. The zero-order chi connectivity index (χ0) is 17.5. The van der Waals surface area contributed by atoms with Gasteiger partial charge in [-0.05, 0) is 32.6 Å². The molecule has 0 aromatic carbocycles. The van der Waals surface area contributed by atoms with Gasteiger partial charge in [0.2, 0.25) is 11.8 Å². The lowest BCUT2D eigenvalue weighted by Crippen LogP contribution is -2.74. The van der Waals surface area contributed by atoms with E-state index >= 15 is 0 Å². The second-order valence-corrected chi connectivity index (χ2v) is 7.14. The summed E-state index contributed by atoms with van der Waals surface area (Å²) in [6.07, 6.45) is 2.40. The molecule has 3 rings (SSSR count). The molecular formula is C16H26N4O4. The minimum Gasteiger partial charge on any atom is -0.391 e. The highest BCUT2D eigenvalue weighted by Crippen LogP contribution is 2.39. The summed E-state index contributed by atoms with van der Waals surface area (Å²) >= 11 is 0. The molecule has 0 saturated carbocycles. The van der Waals surface area contributed by atoms with E-state index in [-0.39, 0.29) is 24.3 Å². The molecule has 8 heteroatoms. The molecule has 3 fully saturated rings. The van der Waals surface area contributed by atoms with Crippen molar-refractivity contribution >= 4 is 17.7 Å². The highest BCUT2D eigenvalue weighted by atomic mass is 16.3. The third-order valence-corrected chi connectivity index (χ3v) is 5.48. The van der Waals surface area contributed by atoms with Gasteiger partial charge in [0.15, 0.2) is 0 Å². The molecule has 0 aliphatic carbocycles. The lowest BCUT2D eigenvalue weighted by molar-refractivity contribution is -0.170. The van der Waals surface area contributed by atoms with Gasteiger partial charge < -0.3 is 25.5 Å². The number of aliphatic hydroxyl groups excluding tert-OH is 1. The van der Waals surface area contributed by atoms with E-state index in [1.54, 1.807) is 4.90 Å². The Morgan fingerprint density at radius 3 is 2.50 bits per heavy atom. The molecule has 134 valence electrons. The van der Waals surface area contributed by atoms with Crippen LogP contribution in [0.3, 0.4) is 0 Å². The Hall–Kier alpha value is -1.67. The van der Waals surface area contributed by atoms with Gasteiger partial charge in [0.05, 0.1) is 19.2 Å². The number of carbonyl (C=O) groups excluding carboxylic acids is 3. The van der Waals surface area contributed by atoms with Crippen molar-refractivity contribution in [1.29, 1.82) is 0 Å². The fourth-order valence-electron chi connectivity index (χ4n) is 3.99. The van der Waals surface area contributed by atoms with Crippen molar-refractivity contribution in [2.75, 3.05) is 32.7 Å². The molecule has 3 unspecified atom stereocenters. The zero-order valence-corrected chi connectivity index (χ0v) is 14.1. The second-order valence-electron chi connectivity index (χ2n) is 7.14. The highest BCUT2D eigenvalue weighted by molar-refractivity contribution is 6.00. The van der Waals surface area contributed by atoms with Gasteiger partial charge in [0.25, 0.3) is 5.91 Å². The predicted octanol–water partition coefficient (Wildman–Crippen LogP) is -1.48. The summed E-state index contributed by atoms with van der Waals surface area (Å²) in [5.74, 6) is -0.577. The van der Waals surface area contributed by atoms with Gasteiger partial charge in [-0.3, -0.25) is 14.4 Å². The first-order chi connectivity index (χ1) is 11.4. The van der Waals surface area contributed by atoms with E-state index in [2.05, 4.69) is 0 Å². The second kappa shape index (κ2) is 6.33. The summed E-state index contributed by atoms with van der Waals surface area (Å²) in [4.78, 5) is 42.2. The number of amides is 3. The molecule has 0 radical (unpaired) electrons. The zero-order valence-electron chi connectivity index (χ0n) is 14.1. The number of rotatable bonds is 4. The Morgan fingerprint density at radius 2 is 1.92 bits per heavy atom. The fraction of sp³-hybridized carbons (Fsp3) is 0.812. The minimum absolute atomic E-state index is 0.0211. The van der Waals surface area contributed by atoms with Gasteiger partial charge in [0.1, 0.15) is 11.6 Å². The predicted molar refractivity (Wildman–Crippen MR) is 85.7 cm³/mol. The van der Waals surface area contributed by atoms with Crippen molar-refractivity contribution in [3.05, 3.63) is 0 Å². The maximum Gasteiger partial charge on any atom is 0.250 e. The molecule has 3 amide bonds. The van der Waals surface area contributed by atoms with Crippen molar-refractivity contribution in [3.8, 4) is 0 Å². The summed E-state index contributed by atoms with van der Waals surface area (Å²) in [7, 11) is 0. The molecule has 0 bridgehead atoms. The van der Waals surface area contributed by atoms with Gasteiger partial charge in [-0.1, -0.05) is 0 Å². The lowest BCUT2D eigenvalue weighted by atomic mass is 9.85. The summed E-state index contributed by atoms with van der Waals surface area (Å²) in [5, 5.41) is 9.55. The van der Waals surface area contributed by atoms with Crippen molar-refractivity contribution in [3.63, 3.8) is 0 Å². The highest BCUT2D eigenvalue weighted by Gasteiger charge is 2.60. The number of nitrogens with zero attached hydrogens (tertiary/aromatic N) is 3. The first-order valence-electron chi connectivity index (χ1n) is 8.69. The molecular weight excluding hydrogens is 312 g/mol. The third-order valence-electron chi connectivity index (χ3n) is 5.48. The Bertz CT molecular complexity index is 546. The summed E-state index contributed by atoms with van der Waals surface area (Å²) in [6.45, 7) is 3.93. The first kappa shape index (κ1) is 17.2. The number of β-lactam (4-membered cyclic amide) rings is 1. The van der Waals surface area contributed by atoms with Crippen LogP contribution in [0.25, 0.3) is 0 Å². The molecule has 24 heavy (non-hydrogen) atoms. The number of hydrogen-bond donors (Lipinski definition) is 2. The SMILES string of the molecule is CC(O)C(N)C(=O)N1CCCC12CN(CC(=O)N1CCCC1)C2=O. The van der Waals surface area contributed by atoms with Crippen molar-refractivity contribution < 1.29 is 19.5 Å². The van der Waals surface area contributed by atoms with Crippen LogP contribution in [-0.4, -0.2) is 87.9 Å². The van der Waals surface area contributed by atoms with Gasteiger partial charge in [-0.15, -0.1) is 0 Å². The normalized spacial score (nSPS) is 29.1. The topological polar surface area (TPSA) is 107 Å². The van der Waals surface area contributed by atoms with Crippen molar-refractivity contribution in [2.45, 2.75) is 50.3 Å². The smallest absolute Gasteiger partial charge is 0.250 e. The third kappa shape index (κ3) is 2.67. The van der Waals surface area contributed by atoms with Crippen LogP contribution in [0.1, 0.15) is 32.6 Å². The summed E-state index contributed by atoms with van der Waals surface area (Å²) in [6, 6.07) is -1.02. The standard InChI is InChI=1S/C16H26N4O4/c1-11(21)13(17)14(23)20-8-4-5-16(20)10-19(15(16)24)9-12(22)18-6-2-3-7-18/h11,13,21H,2-10,17H2,1H3. The van der Waals surface area contributed by atoms with E-state index in [9.17, 15) is 19.5 Å². The van der Waals surface area contributed by atoms with E-state index in [1.807, 2.05) is 0 Å². The Labute approximate surface area is 141 Å². The number of nitrogens with two attached hydrogens (primary N) is 1. The largest absolute Gasteiger partial charge is 0.391 e. The molecule has 3 N–H and O–H groups in total. The van der Waals surface area contributed by atoms with Gasteiger partial charge in [0, 0.05) is 19.6 Å². The van der Waals surface area contributed by atoms with Crippen LogP contribution in [0.2, 0.25) is 0 Å². The van der Waals surface area contributed by atoms with Crippen molar-refractivity contribution in [2.24, 2.45) is 5.73 Å². The molecule has 3 saturated heterocycles. The summed E-state index contributed by atoms with van der Waals surface area (Å²) in [5.41, 5.74) is 4.90. The average molecular weight is 338 g/mol. The van der Waals surface area contributed by atoms with Crippen LogP contribution in [0.15, 0.2) is 0 Å². The van der Waals surface area contributed by atoms with Crippen molar-refractivity contribution in [1.82, 2.24) is 14.7 Å².